The van der Waals surface area contributed by atoms with E-state index in [0.717, 1.165) is 11.8 Å². The first-order chi connectivity index (χ1) is 8.97. The number of rotatable bonds is 4. The fraction of sp³-hybridized carbons (Fsp3) is 0.182. The Labute approximate surface area is 110 Å². The Kier molecular flexibility index (Phi) is 3.61. The molecule has 1 amide bonds. The summed E-state index contributed by atoms with van der Waals surface area (Å²) in [7, 11) is -3.20. The van der Waals surface area contributed by atoms with Gasteiger partial charge in [0.25, 0.3) is 5.91 Å². The molecule has 1 heterocycles. The van der Waals surface area contributed by atoms with E-state index in [0.29, 0.717) is 0 Å². The van der Waals surface area contributed by atoms with Crippen LogP contribution in [0.5, 0.6) is 0 Å². The van der Waals surface area contributed by atoms with Gasteiger partial charge in [-0.05, 0) is 17.7 Å². The quantitative estimate of drug-likeness (QED) is 0.828. The van der Waals surface area contributed by atoms with E-state index in [4.69, 9.17) is 0 Å². The van der Waals surface area contributed by atoms with Gasteiger partial charge in [-0.1, -0.05) is 12.1 Å². The number of amides is 1. The molecule has 0 aliphatic carbocycles. The van der Waals surface area contributed by atoms with Crippen LogP contribution >= 0.6 is 0 Å². The van der Waals surface area contributed by atoms with Crippen molar-refractivity contribution in [2.45, 2.75) is 11.4 Å². The highest BCUT2D eigenvalue weighted by atomic mass is 32.2. The lowest BCUT2D eigenvalue weighted by Gasteiger charge is -2.04. The molecule has 1 aromatic heterocycles. The standard InChI is InChI=1S/C11H12N4O3S/c1-19(17,18)9-4-2-8(3-5-9)6-12-11(16)10-7-13-15-14-10/h2-5,7H,6H2,1H3,(H,12,16)(H,13,14,15). The second-order valence-electron chi connectivity index (χ2n) is 3.95. The summed E-state index contributed by atoms with van der Waals surface area (Å²) in [5, 5.41) is 12.2. The first-order valence-electron chi connectivity index (χ1n) is 5.40. The lowest BCUT2D eigenvalue weighted by molar-refractivity contribution is 0.0946. The van der Waals surface area contributed by atoms with E-state index >= 15 is 0 Å². The first-order valence-corrected chi connectivity index (χ1v) is 7.29. The Morgan fingerprint density at radius 3 is 2.53 bits per heavy atom. The number of H-pyrrole nitrogens is 1. The lowest BCUT2D eigenvalue weighted by atomic mass is 10.2. The van der Waals surface area contributed by atoms with Crippen molar-refractivity contribution in [1.29, 1.82) is 0 Å². The maximum Gasteiger partial charge on any atom is 0.273 e. The molecular weight excluding hydrogens is 268 g/mol. The molecule has 19 heavy (non-hydrogen) atoms. The smallest absolute Gasteiger partial charge is 0.273 e. The monoisotopic (exact) mass is 280 g/mol. The zero-order chi connectivity index (χ0) is 13.9. The zero-order valence-corrected chi connectivity index (χ0v) is 10.9. The molecule has 2 aromatic rings. The minimum Gasteiger partial charge on any atom is -0.347 e. The van der Waals surface area contributed by atoms with Crippen molar-refractivity contribution in [3.05, 3.63) is 41.7 Å². The van der Waals surface area contributed by atoms with Gasteiger partial charge in [-0.2, -0.15) is 15.4 Å². The Bertz CT molecular complexity index is 662. The minimum atomic E-state index is -3.20. The molecule has 2 rings (SSSR count). The van der Waals surface area contributed by atoms with E-state index in [9.17, 15) is 13.2 Å². The average Bonchev–Trinajstić information content (AvgIpc) is 2.89. The third-order valence-electron chi connectivity index (χ3n) is 2.45. The number of nitrogens with zero attached hydrogens (tertiary/aromatic N) is 2. The number of benzene rings is 1. The minimum absolute atomic E-state index is 0.202. The van der Waals surface area contributed by atoms with Crippen molar-refractivity contribution in [2.24, 2.45) is 0 Å². The molecular formula is C11H12N4O3S. The van der Waals surface area contributed by atoms with Gasteiger partial charge in [0.2, 0.25) is 0 Å². The van der Waals surface area contributed by atoms with E-state index in [2.05, 4.69) is 20.7 Å². The molecule has 0 saturated heterocycles. The number of aromatic nitrogens is 3. The number of carbonyl (C=O) groups excluding carboxylic acids is 1. The maximum atomic E-state index is 11.6. The first kappa shape index (κ1) is 13.2. The van der Waals surface area contributed by atoms with Crippen LogP contribution < -0.4 is 5.32 Å². The Hall–Kier alpha value is -2.22. The van der Waals surface area contributed by atoms with Gasteiger partial charge in [0.05, 0.1) is 11.1 Å². The van der Waals surface area contributed by atoms with Crippen LogP contribution in [-0.2, 0) is 16.4 Å². The molecule has 0 fully saturated rings. The van der Waals surface area contributed by atoms with Gasteiger partial charge in [-0.15, -0.1) is 0 Å². The Balaban J connectivity index is 1.99. The Morgan fingerprint density at radius 1 is 1.32 bits per heavy atom. The molecule has 0 spiro atoms. The van der Waals surface area contributed by atoms with Crippen molar-refractivity contribution in [2.75, 3.05) is 6.26 Å². The van der Waals surface area contributed by atoms with Gasteiger partial charge in [-0.3, -0.25) is 4.79 Å². The van der Waals surface area contributed by atoms with Crippen LogP contribution in [0.3, 0.4) is 0 Å². The van der Waals surface area contributed by atoms with Gasteiger partial charge in [0.15, 0.2) is 15.5 Å². The number of sulfone groups is 1. The highest BCUT2D eigenvalue weighted by Gasteiger charge is 2.09. The van der Waals surface area contributed by atoms with Crippen LogP contribution in [0.1, 0.15) is 16.1 Å². The summed E-state index contributed by atoms with van der Waals surface area (Å²) in [6.07, 6.45) is 2.47. The van der Waals surface area contributed by atoms with Gasteiger partial charge >= 0.3 is 0 Å². The lowest BCUT2D eigenvalue weighted by Crippen LogP contribution is -2.23. The second-order valence-corrected chi connectivity index (χ2v) is 5.97. The molecule has 0 saturated carbocycles. The van der Waals surface area contributed by atoms with E-state index in [1.165, 1.54) is 18.3 Å². The molecule has 1 aromatic carbocycles. The van der Waals surface area contributed by atoms with Crippen molar-refractivity contribution >= 4 is 15.7 Å². The van der Waals surface area contributed by atoms with Gasteiger partial charge in [-0.25, -0.2) is 8.42 Å². The van der Waals surface area contributed by atoms with Crippen molar-refractivity contribution in [1.82, 2.24) is 20.7 Å². The number of hydrogen-bond donors (Lipinski definition) is 2. The highest BCUT2D eigenvalue weighted by molar-refractivity contribution is 7.90. The maximum absolute atomic E-state index is 11.6. The van der Waals surface area contributed by atoms with Crippen molar-refractivity contribution < 1.29 is 13.2 Å². The topological polar surface area (TPSA) is 105 Å². The summed E-state index contributed by atoms with van der Waals surface area (Å²) in [4.78, 5) is 11.8. The Morgan fingerprint density at radius 2 is 2.00 bits per heavy atom. The molecule has 2 N–H and O–H groups in total. The molecule has 0 aliphatic rings. The van der Waals surface area contributed by atoms with E-state index < -0.39 is 9.84 Å². The van der Waals surface area contributed by atoms with Crippen LogP contribution in [0.4, 0.5) is 0 Å². The predicted octanol–water partition coefficient (Wildman–Crippen LogP) is 0.138. The van der Waals surface area contributed by atoms with E-state index in [1.54, 1.807) is 12.1 Å². The normalized spacial score (nSPS) is 11.2. The fourth-order valence-corrected chi connectivity index (χ4v) is 2.07. The van der Waals surface area contributed by atoms with E-state index in [1.807, 2.05) is 0 Å². The molecule has 100 valence electrons. The summed E-state index contributed by atoms with van der Waals surface area (Å²) in [5.41, 5.74) is 0.997. The summed E-state index contributed by atoms with van der Waals surface area (Å²) in [6.45, 7) is 0.287. The van der Waals surface area contributed by atoms with Crippen molar-refractivity contribution in [3.63, 3.8) is 0 Å². The molecule has 0 unspecified atom stereocenters. The molecule has 7 nitrogen and oxygen atoms in total. The van der Waals surface area contributed by atoms with Crippen LogP contribution in [-0.4, -0.2) is 36.0 Å². The summed E-state index contributed by atoms with van der Waals surface area (Å²) in [5.74, 6) is -0.346. The van der Waals surface area contributed by atoms with Gasteiger partial charge in [0, 0.05) is 12.8 Å². The molecule has 0 atom stereocenters. The van der Waals surface area contributed by atoms with Crippen LogP contribution in [0.2, 0.25) is 0 Å². The van der Waals surface area contributed by atoms with E-state index in [-0.39, 0.29) is 23.0 Å². The third kappa shape index (κ3) is 3.38. The SMILES string of the molecule is CS(=O)(=O)c1ccc(CNC(=O)c2cn[nH]n2)cc1. The van der Waals surface area contributed by atoms with Crippen molar-refractivity contribution in [3.8, 4) is 0 Å². The predicted molar refractivity (Wildman–Crippen MR) is 67.1 cm³/mol. The summed E-state index contributed by atoms with van der Waals surface area (Å²) >= 11 is 0. The van der Waals surface area contributed by atoms with Gasteiger partial charge in [0.1, 0.15) is 0 Å². The second kappa shape index (κ2) is 5.19. The zero-order valence-electron chi connectivity index (χ0n) is 10.1. The van der Waals surface area contributed by atoms with Crippen LogP contribution in [0, 0.1) is 0 Å². The van der Waals surface area contributed by atoms with Gasteiger partial charge < -0.3 is 5.32 Å². The molecule has 0 bridgehead atoms. The average molecular weight is 280 g/mol. The van der Waals surface area contributed by atoms with Crippen LogP contribution in [0.25, 0.3) is 0 Å². The fourth-order valence-electron chi connectivity index (χ4n) is 1.44. The van der Waals surface area contributed by atoms with Crippen LogP contribution in [0.15, 0.2) is 35.4 Å². The number of hydrogen-bond acceptors (Lipinski definition) is 5. The molecule has 0 radical (unpaired) electrons. The number of nitrogens with one attached hydrogen (secondary N) is 2. The summed E-state index contributed by atoms with van der Waals surface area (Å²) in [6, 6.07) is 6.32. The highest BCUT2D eigenvalue weighted by Crippen LogP contribution is 2.10. The molecule has 0 aliphatic heterocycles. The summed E-state index contributed by atoms with van der Waals surface area (Å²) < 4.78 is 22.6. The number of carbonyl (C=O) groups is 1. The number of aromatic amines is 1. The molecule has 8 heteroatoms. The third-order valence-corrected chi connectivity index (χ3v) is 3.58. The largest absolute Gasteiger partial charge is 0.347 e.